The Morgan fingerprint density at radius 1 is 0.812 bits per heavy atom. The molecule has 1 aliphatic carbocycles. The number of carbonyl (C=O) groups excluding carboxylic acids is 3. The van der Waals surface area contributed by atoms with Gasteiger partial charge in [0.15, 0.2) is 0 Å². The number of aromatic amines is 1. The third kappa shape index (κ3) is 10.2. The first-order valence-corrected chi connectivity index (χ1v) is 16.6. The Morgan fingerprint density at radius 2 is 1.48 bits per heavy atom. The van der Waals surface area contributed by atoms with Crippen LogP contribution in [0.15, 0.2) is 91.3 Å². The van der Waals surface area contributed by atoms with Crippen LogP contribution in [-0.4, -0.2) is 49.5 Å². The van der Waals surface area contributed by atoms with Crippen molar-refractivity contribution in [2.45, 2.75) is 90.8 Å². The van der Waals surface area contributed by atoms with E-state index >= 15 is 0 Å². The molecule has 10 heteroatoms. The normalized spacial score (nSPS) is 13.4. The zero-order valence-electron chi connectivity index (χ0n) is 28.0. The highest BCUT2D eigenvalue weighted by molar-refractivity contribution is 6.04. The summed E-state index contributed by atoms with van der Waals surface area (Å²) in [4.78, 5) is 50.0. The number of rotatable bonds is 11. The number of nitrogens with zero attached hydrogens (tertiary/aromatic N) is 3. The Morgan fingerprint density at radius 3 is 2.12 bits per heavy atom. The highest BCUT2D eigenvalue weighted by Gasteiger charge is 2.27. The van der Waals surface area contributed by atoms with E-state index in [0.717, 1.165) is 42.4 Å². The number of H-pyrrole nitrogens is 1. The summed E-state index contributed by atoms with van der Waals surface area (Å²) in [5, 5.41) is 2.96. The average molecular weight is 652 g/mol. The molecule has 0 atom stereocenters. The number of nitrogens with one attached hydrogen (secondary N) is 2. The van der Waals surface area contributed by atoms with Crippen LogP contribution in [0.2, 0.25) is 0 Å². The molecule has 10 nitrogen and oxygen atoms in total. The van der Waals surface area contributed by atoms with Crippen molar-refractivity contribution in [3.63, 3.8) is 0 Å². The summed E-state index contributed by atoms with van der Waals surface area (Å²) < 4.78 is 11.3. The van der Waals surface area contributed by atoms with Crippen LogP contribution in [-0.2, 0) is 35.7 Å². The second-order valence-corrected chi connectivity index (χ2v) is 13.2. The van der Waals surface area contributed by atoms with Crippen LogP contribution >= 0.6 is 0 Å². The first kappa shape index (κ1) is 34.2. The van der Waals surface area contributed by atoms with Crippen LogP contribution in [0.4, 0.5) is 15.3 Å². The van der Waals surface area contributed by atoms with Gasteiger partial charge >= 0.3 is 12.2 Å². The lowest BCUT2D eigenvalue weighted by Crippen LogP contribution is -2.41. The quantitative estimate of drug-likeness (QED) is 0.169. The summed E-state index contributed by atoms with van der Waals surface area (Å²) in [6, 6.07) is 24.6. The molecular formula is C38H45N5O5. The highest BCUT2D eigenvalue weighted by atomic mass is 16.6. The smallest absolute Gasteiger partial charge is 0.410 e. The van der Waals surface area contributed by atoms with Crippen molar-refractivity contribution in [3.8, 4) is 0 Å². The van der Waals surface area contributed by atoms with E-state index in [9.17, 15) is 14.4 Å². The minimum absolute atomic E-state index is 0.144. The number of imidazole rings is 1. The fourth-order valence-corrected chi connectivity index (χ4v) is 5.69. The van der Waals surface area contributed by atoms with Gasteiger partial charge in [0, 0.05) is 42.8 Å². The first-order chi connectivity index (χ1) is 23.1. The third-order valence-corrected chi connectivity index (χ3v) is 8.16. The topological polar surface area (TPSA) is 117 Å². The number of anilines is 1. The van der Waals surface area contributed by atoms with E-state index in [1.54, 1.807) is 29.4 Å². The van der Waals surface area contributed by atoms with Gasteiger partial charge in [-0.2, -0.15) is 0 Å². The molecule has 0 aliphatic heterocycles. The van der Waals surface area contributed by atoms with Gasteiger partial charge in [0.05, 0.1) is 6.54 Å². The second-order valence-electron chi connectivity index (χ2n) is 13.2. The molecule has 1 saturated carbocycles. The van der Waals surface area contributed by atoms with Crippen molar-refractivity contribution in [2.75, 3.05) is 5.32 Å². The van der Waals surface area contributed by atoms with Gasteiger partial charge in [0.2, 0.25) is 0 Å². The average Bonchev–Trinajstić information content (AvgIpc) is 3.60. The van der Waals surface area contributed by atoms with Gasteiger partial charge < -0.3 is 24.7 Å². The molecule has 1 aliphatic rings. The van der Waals surface area contributed by atoms with Gasteiger partial charge in [-0.05, 0) is 74.6 Å². The van der Waals surface area contributed by atoms with E-state index < -0.39 is 11.7 Å². The molecule has 0 spiro atoms. The van der Waals surface area contributed by atoms with Gasteiger partial charge in [0.1, 0.15) is 18.0 Å². The van der Waals surface area contributed by atoms with Crippen molar-refractivity contribution in [1.82, 2.24) is 19.8 Å². The van der Waals surface area contributed by atoms with E-state index in [-0.39, 0.29) is 37.7 Å². The Balaban J connectivity index is 1.18. The second kappa shape index (κ2) is 16.1. The summed E-state index contributed by atoms with van der Waals surface area (Å²) in [5.74, 6) is 0.398. The molecule has 0 saturated heterocycles. The molecule has 0 bridgehead atoms. The largest absolute Gasteiger partial charge is 0.445 e. The van der Waals surface area contributed by atoms with Gasteiger partial charge in [-0.1, -0.05) is 73.9 Å². The lowest BCUT2D eigenvalue weighted by molar-refractivity contribution is 0.0211. The standard InChI is InChI=1S/C38H45N5O5/c1-38(2,3)48-36(45)42(26-34-39-22-23-40-34)24-28-14-18-31(19-15-28)35(44)41-32-20-16-29(17-21-32)25-43(33-12-8-5-9-13-33)37(46)47-27-30-10-6-4-7-11-30/h4,6-7,10-11,14-23,33H,5,8-9,12-13,24-27H2,1-3H3,(H,39,40)(H,41,44). The van der Waals surface area contributed by atoms with Crippen LogP contribution in [0.3, 0.4) is 0 Å². The third-order valence-electron chi connectivity index (χ3n) is 8.16. The van der Waals surface area contributed by atoms with Crippen molar-refractivity contribution in [3.05, 3.63) is 119 Å². The molecule has 48 heavy (non-hydrogen) atoms. The van der Waals surface area contributed by atoms with Crippen LogP contribution in [0.5, 0.6) is 0 Å². The molecule has 1 aromatic heterocycles. The van der Waals surface area contributed by atoms with Crippen LogP contribution < -0.4 is 5.32 Å². The molecule has 3 aromatic carbocycles. The maximum atomic E-state index is 13.2. The predicted molar refractivity (Wildman–Crippen MR) is 184 cm³/mol. The molecule has 5 rings (SSSR count). The van der Waals surface area contributed by atoms with Gasteiger partial charge in [-0.25, -0.2) is 14.6 Å². The number of hydrogen-bond acceptors (Lipinski definition) is 6. The lowest BCUT2D eigenvalue weighted by atomic mass is 9.94. The molecule has 3 amide bonds. The molecule has 4 aromatic rings. The summed E-state index contributed by atoms with van der Waals surface area (Å²) in [6.07, 6.45) is 7.93. The number of hydrogen-bond donors (Lipinski definition) is 2. The summed E-state index contributed by atoms with van der Waals surface area (Å²) in [5.41, 5.74) is 3.27. The number of ether oxygens (including phenoxy) is 2. The number of carbonyl (C=O) groups is 3. The monoisotopic (exact) mass is 651 g/mol. The van der Waals surface area contributed by atoms with Crippen LogP contribution in [0, 0.1) is 0 Å². The van der Waals surface area contributed by atoms with E-state index in [1.165, 1.54) is 6.42 Å². The van der Waals surface area contributed by atoms with Crippen molar-refractivity contribution < 1.29 is 23.9 Å². The molecule has 1 fully saturated rings. The summed E-state index contributed by atoms with van der Waals surface area (Å²) in [7, 11) is 0. The van der Waals surface area contributed by atoms with Crippen molar-refractivity contribution in [1.29, 1.82) is 0 Å². The highest BCUT2D eigenvalue weighted by Crippen LogP contribution is 2.26. The number of benzene rings is 3. The zero-order valence-corrected chi connectivity index (χ0v) is 28.0. The SMILES string of the molecule is CC(C)(C)OC(=O)N(Cc1ccc(C(=O)Nc2ccc(CN(C(=O)OCc3ccccc3)C3CCCCC3)cc2)cc1)Cc1ncc[nH]1. The van der Waals surface area contributed by atoms with Crippen LogP contribution in [0.25, 0.3) is 0 Å². The number of amides is 3. The van der Waals surface area contributed by atoms with Crippen molar-refractivity contribution in [2.24, 2.45) is 0 Å². The minimum atomic E-state index is -0.637. The Hall–Kier alpha value is -5.12. The molecular weight excluding hydrogens is 606 g/mol. The Bertz CT molecular complexity index is 1610. The maximum Gasteiger partial charge on any atom is 0.410 e. The summed E-state index contributed by atoms with van der Waals surface area (Å²) >= 11 is 0. The van der Waals surface area contributed by atoms with E-state index in [1.807, 2.05) is 92.4 Å². The van der Waals surface area contributed by atoms with E-state index in [4.69, 9.17) is 9.47 Å². The van der Waals surface area contributed by atoms with E-state index in [0.29, 0.717) is 23.6 Å². The summed E-state index contributed by atoms with van der Waals surface area (Å²) in [6.45, 7) is 6.70. The fraction of sp³-hybridized carbons (Fsp3) is 0.368. The zero-order chi connectivity index (χ0) is 33.9. The minimum Gasteiger partial charge on any atom is -0.445 e. The first-order valence-electron chi connectivity index (χ1n) is 16.6. The molecule has 252 valence electrons. The Labute approximate surface area is 282 Å². The van der Waals surface area contributed by atoms with Gasteiger partial charge in [-0.15, -0.1) is 0 Å². The van der Waals surface area contributed by atoms with Crippen LogP contribution in [0.1, 0.15) is 85.7 Å². The fourth-order valence-electron chi connectivity index (χ4n) is 5.69. The van der Waals surface area contributed by atoms with Gasteiger partial charge in [-0.3, -0.25) is 9.69 Å². The van der Waals surface area contributed by atoms with Crippen molar-refractivity contribution >= 4 is 23.8 Å². The molecule has 0 radical (unpaired) electrons. The molecule has 0 unspecified atom stereocenters. The van der Waals surface area contributed by atoms with E-state index in [2.05, 4.69) is 15.3 Å². The Kier molecular flexibility index (Phi) is 11.5. The lowest BCUT2D eigenvalue weighted by Gasteiger charge is -2.33. The molecule has 1 heterocycles. The number of aromatic nitrogens is 2. The van der Waals surface area contributed by atoms with Gasteiger partial charge in [0.25, 0.3) is 5.91 Å². The maximum absolute atomic E-state index is 13.2. The predicted octanol–water partition coefficient (Wildman–Crippen LogP) is 8.07. The molecule has 2 N–H and O–H groups in total.